The second kappa shape index (κ2) is 19.3. The number of carbonyl (C=O) groups excluding carboxylic acids is 3. The van der Waals surface area contributed by atoms with Crippen LogP contribution in [0.5, 0.6) is 0 Å². The van der Waals surface area contributed by atoms with Crippen LogP contribution in [0.4, 0.5) is 0 Å². The monoisotopic (exact) mass is 485 g/mol. The molecule has 0 aliphatic heterocycles. The first kappa shape index (κ1) is 32.0. The van der Waals surface area contributed by atoms with E-state index in [-0.39, 0.29) is 52.4 Å². The number of Topliss-reactive ketones (excluding diaryl/α,β-unsaturated/α-hetero) is 1. The lowest BCUT2D eigenvalue weighted by Gasteiger charge is -2.07. The minimum absolute atomic E-state index is 0. The first-order valence-electron chi connectivity index (χ1n) is 11.6. The molecular formula is C28H43N3O4. The van der Waals surface area contributed by atoms with E-state index in [1.165, 1.54) is 11.1 Å². The van der Waals surface area contributed by atoms with Crippen LogP contribution in [0, 0.1) is 0 Å². The number of amides is 1. The molecule has 2 aromatic carbocycles. The smallest absolute Gasteiger partial charge is 0.332 e. The second-order valence-corrected chi connectivity index (χ2v) is 8.04. The summed E-state index contributed by atoms with van der Waals surface area (Å²) in [6.07, 6.45) is 5.20. The van der Waals surface area contributed by atoms with Gasteiger partial charge in [0.1, 0.15) is 5.78 Å². The fraction of sp³-hybridized carbons (Fsp3) is 0.464. The minimum atomic E-state index is -0.558. The van der Waals surface area contributed by atoms with Crippen LogP contribution >= 0.6 is 0 Å². The fourth-order valence-electron chi connectivity index (χ4n) is 3.36. The number of benzene rings is 2. The molecule has 0 unspecified atom stereocenters. The van der Waals surface area contributed by atoms with Crippen molar-refractivity contribution in [3.05, 3.63) is 71.3 Å². The van der Waals surface area contributed by atoms with Crippen molar-refractivity contribution < 1.29 is 19.2 Å². The highest BCUT2D eigenvalue weighted by molar-refractivity contribution is 5.81. The van der Waals surface area contributed by atoms with Crippen LogP contribution in [0.25, 0.3) is 0 Å². The summed E-state index contributed by atoms with van der Waals surface area (Å²) in [5, 5.41) is 2.91. The zero-order valence-corrected chi connectivity index (χ0v) is 19.2. The topological polar surface area (TPSA) is 111 Å². The van der Waals surface area contributed by atoms with Gasteiger partial charge in [-0.3, -0.25) is 9.59 Å². The summed E-state index contributed by atoms with van der Waals surface area (Å²) < 4.78 is 0. The summed E-state index contributed by atoms with van der Waals surface area (Å²) in [5.41, 5.74) is 11.0. The molecule has 7 heteroatoms. The first-order valence-corrected chi connectivity index (χ1v) is 11.6. The molecule has 0 heterocycles. The Bertz CT molecular complexity index is 854. The molecule has 2 rings (SSSR count). The van der Waals surface area contributed by atoms with E-state index in [0.29, 0.717) is 19.5 Å². The van der Waals surface area contributed by atoms with Gasteiger partial charge in [-0.1, -0.05) is 69.5 Å². The Hall–Kier alpha value is -3.03. The molecule has 194 valence electrons. The molecule has 0 saturated carbocycles. The van der Waals surface area contributed by atoms with E-state index in [0.717, 1.165) is 31.2 Å². The number of carbonyl (C=O) groups is 3. The number of nitrogens with two attached hydrogens (primary N) is 1. The Kier molecular flexibility index (Phi) is 17.6. The molecule has 0 spiro atoms. The highest BCUT2D eigenvalue weighted by Gasteiger charge is 2.09. The van der Waals surface area contributed by atoms with Crippen molar-refractivity contribution in [2.45, 2.75) is 66.2 Å². The number of hydrogen-bond acceptors (Lipinski definition) is 6. The van der Waals surface area contributed by atoms with Gasteiger partial charge in [-0.25, -0.2) is 4.79 Å². The maximum Gasteiger partial charge on any atom is 0.332 e. The lowest BCUT2D eigenvalue weighted by molar-refractivity contribution is -0.158. The van der Waals surface area contributed by atoms with Crippen molar-refractivity contribution in [1.29, 1.82) is 0 Å². The van der Waals surface area contributed by atoms with Crippen molar-refractivity contribution in [2.75, 3.05) is 19.6 Å². The Balaban J connectivity index is 0.00000578. The second-order valence-electron chi connectivity index (χ2n) is 8.04. The number of unbranched alkanes of at least 4 members (excludes halogenated alkanes) is 1. The summed E-state index contributed by atoms with van der Waals surface area (Å²) in [4.78, 5) is 40.1. The largest absolute Gasteiger partial charge is 0.341 e. The van der Waals surface area contributed by atoms with Gasteiger partial charge >= 0.3 is 5.97 Å². The molecule has 0 fully saturated rings. The van der Waals surface area contributed by atoms with E-state index in [2.05, 4.69) is 35.1 Å². The molecule has 0 atom stereocenters. The van der Waals surface area contributed by atoms with Crippen LogP contribution in [0.3, 0.4) is 0 Å². The van der Waals surface area contributed by atoms with E-state index >= 15 is 0 Å². The van der Waals surface area contributed by atoms with Gasteiger partial charge in [0.05, 0.1) is 13.0 Å². The summed E-state index contributed by atoms with van der Waals surface area (Å²) in [6, 6.07) is 18.4. The molecule has 0 radical (unpaired) electrons. The number of aryl methyl sites for hydroxylation is 2. The molecule has 0 bridgehead atoms. The molecule has 2 aromatic rings. The third kappa shape index (κ3) is 14.8. The van der Waals surface area contributed by atoms with Crippen LogP contribution in [-0.4, -0.2) is 37.3 Å². The van der Waals surface area contributed by atoms with E-state index in [4.69, 9.17) is 10.6 Å². The van der Waals surface area contributed by atoms with Gasteiger partial charge in [-0.15, -0.1) is 0 Å². The van der Waals surface area contributed by atoms with Gasteiger partial charge in [-0.05, 0) is 48.8 Å². The predicted octanol–water partition coefficient (Wildman–Crippen LogP) is 3.93. The quantitative estimate of drug-likeness (QED) is 0.260. The third-order valence-electron chi connectivity index (χ3n) is 5.17. The molecule has 0 aliphatic carbocycles. The Morgan fingerprint density at radius 2 is 1.37 bits per heavy atom. The lowest BCUT2D eigenvalue weighted by atomic mass is 10.0. The maximum absolute atomic E-state index is 12.0. The van der Waals surface area contributed by atoms with Crippen LogP contribution in [0.2, 0.25) is 0 Å². The summed E-state index contributed by atoms with van der Waals surface area (Å²) in [5.74, 6) is -0.933. The van der Waals surface area contributed by atoms with Crippen LogP contribution in [0.15, 0.2) is 54.6 Å². The predicted molar refractivity (Wildman–Crippen MR) is 142 cm³/mol. The molecule has 7 nitrogen and oxygen atoms in total. The number of hydrogen-bond donors (Lipinski definition) is 3. The minimum Gasteiger partial charge on any atom is -0.341 e. The van der Waals surface area contributed by atoms with Gasteiger partial charge in [0.15, 0.2) is 0 Å². The van der Waals surface area contributed by atoms with Gasteiger partial charge in [0, 0.05) is 25.9 Å². The van der Waals surface area contributed by atoms with Crippen molar-refractivity contribution in [2.24, 2.45) is 5.73 Å². The first-order chi connectivity index (χ1) is 16.1. The van der Waals surface area contributed by atoms with E-state index in [1.54, 1.807) is 0 Å². The summed E-state index contributed by atoms with van der Waals surface area (Å²) in [7, 11) is 0. The highest BCUT2D eigenvalue weighted by atomic mass is 16.7. The number of nitrogens with one attached hydrogen (secondary N) is 2. The Morgan fingerprint density at radius 3 is 2.00 bits per heavy atom. The molecule has 0 aliphatic rings. The number of rotatable bonds is 15. The SMILES string of the molecule is C.C.NCCNCC(=O)CCCC(=O)ONC(=O)Cc1ccc(CCCCc2ccccc2)cc1. The summed E-state index contributed by atoms with van der Waals surface area (Å²) in [6.45, 7) is 1.30. The Labute approximate surface area is 210 Å². The molecule has 1 amide bonds. The molecular weight excluding hydrogens is 442 g/mol. The lowest BCUT2D eigenvalue weighted by Crippen LogP contribution is -2.29. The van der Waals surface area contributed by atoms with Crippen LogP contribution in [-0.2, 0) is 38.5 Å². The van der Waals surface area contributed by atoms with E-state index in [1.807, 2.05) is 30.3 Å². The maximum atomic E-state index is 12.0. The fourth-order valence-corrected chi connectivity index (χ4v) is 3.36. The van der Waals surface area contributed by atoms with Crippen molar-refractivity contribution >= 4 is 17.7 Å². The van der Waals surface area contributed by atoms with Crippen molar-refractivity contribution in [3.63, 3.8) is 0 Å². The zero-order chi connectivity index (χ0) is 23.7. The normalized spacial score (nSPS) is 9.97. The van der Waals surface area contributed by atoms with Gasteiger partial charge in [-0.2, -0.15) is 5.48 Å². The van der Waals surface area contributed by atoms with Gasteiger partial charge < -0.3 is 15.9 Å². The zero-order valence-electron chi connectivity index (χ0n) is 19.2. The van der Waals surface area contributed by atoms with Gasteiger partial charge in [0.25, 0.3) is 5.91 Å². The number of ketones is 1. The van der Waals surface area contributed by atoms with Gasteiger partial charge in [0.2, 0.25) is 0 Å². The average molecular weight is 486 g/mol. The van der Waals surface area contributed by atoms with Crippen LogP contribution < -0.4 is 16.5 Å². The number of hydroxylamine groups is 1. The molecule has 35 heavy (non-hydrogen) atoms. The summed E-state index contributed by atoms with van der Waals surface area (Å²) >= 11 is 0. The van der Waals surface area contributed by atoms with Crippen molar-refractivity contribution in [3.8, 4) is 0 Å². The highest BCUT2D eigenvalue weighted by Crippen LogP contribution is 2.11. The average Bonchev–Trinajstić information content (AvgIpc) is 2.82. The standard InChI is InChI=1S/C26H35N3O4.2CH4/c27-17-18-28-20-24(30)11-6-12-26(32)33-29-25(31)19-23-15-13-22(14-16-23)10-5-4-9-21-7-2-1-3-8-21;;/h1-3,7-8,13-16,28H,4-6,9-12,17-20,27H2,(H,29,31);2*1H4. The molecule has 0 aromatic heterocycles. The van der Waals surface area contributed by atoms with E-state index in [9.17, 15) is 14.4 Å². The molecule has 4 N–H and O–H groups in total. The third-order valence-corrected chi connectivity index (χ3v) is 5.17. The van der Waals surface area contributed by atoms with Crippen molar-refractivity contribution in [1.82, 2.24) is 10.8 Å². The Morgan fingerprint density at radius 1 is 0.771 bits per heavy atom. The van der Waals surface area contributed by atoms with Crippen LogP contribution in [0.1, 0.15) is 63.6 Å². The molecule has 0 saturated heterocycles. The van der Waals surface area contributed by atoms with E-state index < -0.39 is 5.97 Å².